The largest absolute Gasteiger partial charge is 0.484 e. The lowest BCUT2D eigenvalue weighted by Gasteiger charge is -2.48. The number of anilines is 1. The lowest BCUT2D eigenvalue weighted by Crippen LogP contribution is -2.55. The van der Waals surface area contributed by atoms with Gasteiger partial charge in [0.05, 0.1) is 24.6 Å². The first-order chi connectivity index (χ1) is 20.1. The fraction of sp³-hybridized carbons (Fsp3) is 0.267. The highest BCUT2D eigenvalue weighted by atomic mass is 19.1. The molecule has 220 valence electrons. The van der Waals surface area contributed by atoms with Crippen molar-refractivity contribution in [1.82, 2.24) is 10.6 Å². The number of β-lactam (4-membered cyclic amide) rings is 1. The Hall–Kier alpha value is -4.84. The standard InChI is InChI=1S/C30H29F2N3O7/c31-20-5-1-18(2-6-20)25(36)14-13-24-29(35(30(24)41)22-9-7-21(32)8-10-22)19-3-11-23(12-4-19)42-17-27(38)33-15-26(37)34-16-28(39)40/h1-12,24-25,29,36H,13-17H2,(H,33,38)(H,34,37)(H,39,40). The molecule has 12 heteroatoms. The number of carboxylic acids is 1. The van der Waals surface area contributed by atoms with E-state index in [4.69, 9.17) is 9.84 Å². The Morgan fingerprint density at radius 2 is 1.45 bits per heavy atom. The summed E-state index contributed by atoms with van der Waals surface area (Å²) in [5.74, 6) is -3.60. The van der Waals surface area contributed by atoms with Crippen LogP contribution in [0, 0.1) is 17.6 Å². The summed E-state index contributed by atoms with van der Waals surface area (Å²) in [5, 5.41) is 23.6. The highest BCUT2D eigenvalue weighted by Crippen LogP contribution is 2.46. The summed E-state index contributed by atoms with van der Waals surface area (Å²) in [6.45, 7) is -1.35. The number of benzene rings is 3. The molecule has 0 bridgehead atoms. The van der Waals surface area contributed by atoms with Crippen molar-refractivity contribution in [2.24, 2.45) is 5.92 Å². The summed E-state index contributed by atoms with van der Waals surface area (Å²) >= 11 is 0. The Bertz CT molecular complexity index is 1420. The average molecular weight is 582 g/mol. The topological polar surface area (TPSA) is 145 Å². The van der Waals surface area contributed by atoms with Crippen LogP contribution in [0.1, 0.15) is 36.1 Å². The fourth-order valence-electron chi connectivity index (χ4n) is 4.67. The van der Waals surface area contributed by atoms with E-state index in [1.54, 1.807) is 29.2 Å². The van der Waals surface area contributed by atoms with Gasteiger partial charge in [0.25, 0.3) is 5.91 Å². The molecule has 42 heavy (non-hydrogen) atoms. The summed E-state index contributed by atoms with van der Waals surface area (Å²) in [7, 11) is 0. The number of carbonyl (C=O) groups excluding carboxylic acids is 3. The van der Waals surface area contributed by atoms with Crippen LogP contribution in [0.5, 0.6) is 5.75 Å². The lowest BCUT2D eigenvalue weighted by molar-refractivity contribution is -0.137. The van der Waals surface area contributed by atoms with E-state index in [-0.39, 0.29) is 18.9 Å². The Kier molecular flexibility index (Phi) is 9.81. The van der Waals surface area contributed by atoms with Crippen LogP contribution in [0.15, 0.2) is 72.8 Å². The van der Waals surface area contributed by atoms with Crippen molar-refractivity contribution in [3.05, 3.63) is 95.6 Å². The molecule has 1 aliphatic heterocycles. The molecular formula is C30H29F2N3O7. The molecule has 3 aromatic rings. The molecule has 0 saturated carbocycles. The van der Waals surface area contributed by atoms with Gasteiger partial charge in [-0.05, 0) is 72.5 Å². The number of nitrogens with one attached hydrogen (secondary N) is 2. The van der Waals surface area contributed by atoms with E-state index in [1.165, 1.54) is 48.5 Å². The zero-order valence-electron chi connectivity index (χ0n) is 22.3. The van der Waals surface area contributed by atoms with E-state index in [2.05, 4.69) is 10.6 Å². The second-order valence-corrected chi connectivity index (χ2v) is 9.69. The molecule has 0 aromatic heterocycles. The Labute approximate surface area is 239 Å². The first-order valence-corrected chi connectivity index (χ1v) is 13.1. The zero-order chi connectivity index (χ0) is 30.2. The minimum atomic E-state index is -1.21. The molecule has 1 aliphatic rings. The van der Waals surface area contributed by atoms with Gasteiger partial charge in [0.1, 0.15) is 23.9 Å². The number of aliphatic carboxylic acids is 1. The molecule has 0 spiro atoms. The third-order valence-corrected chi connectivity index (χ3v) is 6.80. The lowest BCUT2D eigenvalue weighted by atomic mass is 9.78. The quantitative estimate of drug-likeness (QED) is 0.227. The van der Waals surface area contributed by atoms with Gasteiger partial charge in [-0.25, -0.2) is 8.78 Å². The summed E-state index contributed by atoms with van der Waals surface area (Å²) in [4.78, 5) is 48.8. The fourth-order valence-corrected chi connectivity index (χ4v) is 4.67. The molecule has 3 unspecified atom stereocenters. The predicted octanol–water partition coefficient (Wildman–Crippen LogP) is 2.88. The molecule has 4 N–H and O–H groups in total. The monoisotopic (exact) mass is 581 g/mol. The van der Waals surface area contributed by atoms with E-state index in [0.717, 1.165) is 5.56 Å². The van der Waals surface area contributed by atoms with Gasteiger partial charge in [0, 0.05) is 5.69 Å². The van der Waals surface area contributed by atoms with Crippen LogP contribution < -0.4 is 20.3 Å². The van der Waals surface area contributed by atoms with Crippen molar-refractivity contribution in [2.45, 2.75) is 25.0 Å². The average Bonchev–Trinajstić information content (AvgIpc) is 2.98. The second-order valence-electron chi connectivity index (χ2n) is 9.69. The molecule has 10 nitrogen and oxygen atoms in total. The van der Waals surface area contributed by atoms with Gasteiger partial charge in [0.15, 0.2) is 6.61 Å². The number of aliphatic hydroxyl groups excluding tert-OH is 1. The summed E-state index contributed by atoms with van der Waals surface area (Å²) in [6.07, 6.45) is -0.275. The van der Waals surface area contributed by atoms with Crippen LogP contribution in [0.25, 0.3) is 0 Å². The van der Waals surface area contributed by atoms with Crippen LogP contribution in [0.4, 0.5) is 14.5 Å². The van der Waals surface area contributed by atoms with Crippen LogP contribution >= 0.6 is 0 Å². The number of carbonyl (C=O) groups is 4. The summed E-state index contributed by atoms with van der Waals surface area (Å²) in [6, 6.07) is 17.4. The van der Waals surface area contributed by atoms with Crippen LogP contribution in [-0.4, -0.2) is 53.6 Å². The van der Waals surface area contributed by atoms with Gasteiger partial charge < -0.3 is 30.5 Å². The van der Waals surface area contributed by atoms with Crippen molar-refractivity contribution >= 4 is 29.4 Å². The van der Waals surface area contributed by atoms with E-state index in [0.29, 0.717) is 23.4 Å². The van der Waals surface area contributed by atoms with Gasteiger partial charge in [-0.3, -0.25) is 19.2 Å². The Balaban J connectivity index is 1.39. The number of halogens is 2. The number of ether oxygens (including phenoxy) is 1. The maximum Gasteiger partial charge on any atom is 0.322 e. The molecule has 1 heterocycles. The third kappa shape index (κ3) is 7.67. The molecule has 3 atom stereocenters. The highest BCUT2D eigenvalue weighted by Gasteiger charge is 2.48. The molecule has 3 aromatic carbocycles. The number of amides is 3. The maximum atomic E-state index is 13.5. The van der Waals surface area contributed by atoms with Crippen molar-refractivity contribution in [3.8, 4) is 5.75 Å². The Morgan fingerprint density at radius 1 is 0.857 bits per heavy atom. The number of hydrogen-bond donors (Lipinski definition) is 4. The van der Waals surface area contributed by atoms with Crippen molar-refractivity contribution < 1.29 is 42.9 Å². The molecule has 0 radical (unpaired) electrons. The van der Waals surface area contributed by atoms with Gasteiger partial charge >= 0.3 is 5.97 Å². The van der Waals surface area contributed by atoms with Crippen molar-refractivity contribution in [3.63, 3.8) is 0 Å². The minimum absolute atomic E-state index is 0.178. The first kappa shape index (κ1) is 30.1. The van der Waals surface area contributed by atoms with Crippen LogP contribution in [0.3, 0.4) is 0 Å². The predicted molar refractivity (Wildman–Crippen MR) is 146 cm³/mol. The second kappa shape index (κ2) is 13.7. The summed E-state index contributed by atoms with van der Waals surface area (Å²) < 4.78 is 32.3. The molecule has 1 saturated heterocycles. The van der Waals surface area contributed by atoms with E-state index >= 15 is 0 Å². The number of hydrogen-bond acceptors (Lipinski definition) is 6. The zero-order valence-corrected chi connectivity index (χ0v) is 22.3. The highest BCUT2D eigenvalue weighted by molar-refractivity contribution is 6.03. The van der Waals surface area contributed by atoms with Crippen molar-refractivity contribution in [2.75, 3.05) is 24.6 Å². The normalized spacial score (nSPS) is 16.7. The molecule has 4 rings (SSSR count). The molecular weight excluding hydrogens is 552 g/mol. The van der Waals surface area contributed by atoms with Crippen LogP contribution in [0.2, 0.25) is 0 Å². The summed E-state index contributed by atoms with van der Waals surface area (Å²) in [5.41, 5.74) is 1.82. The SMILES string of the molecule is O=C(O)CNC(=O)CNC(=O)COc1ccc(C2C(CCC(O)c3ccc(F)cc3)C(=O)N2c2ccc(F)cc2)cc1. The smallest absolute Gasteiger partial charge is 0.322 e. The van der Waals surface area contributed by atoms with E-state index < -0.39 is 60.6 Å². The minimum Gasteiger partial charge on any atom is -0.484 e. The number of nitrogens with zero attached hydrogens (tertiary/aromatic N) is 1. The third-order valence-electron chi connectivity index (χ3n) is 6.80. The van der Waals surface area contributed by atoms with Gasteiger partial charge in [0.2, 0.25) is 11.8 Å². The maximum absolute atomic E-state index is 13.5. The number of rotatable bonds is 13. The van der Waals surface area contributed by atoms with Gasteiger partial charge in [-0.15, -0.1) is 0 Å². The van der Waals surface area contributed by atoms with Crippen molar-refractivity contribution in [1.29, 1.82) is 0 Å². The Morgan fingerprint density at radius 3 is 2.07 bits per heavy atom. The van der Waals surface area contributed by atoms with E-state index in [9.17, 15) is 33.1 Å². The first-order valence-electron chi connectivity index (χ1n) is 13.1. The molecule has 1 fully saturated rings. The molecule has 0 aliphatic carbocycles. The van der Waals surface area contributed by atoms with Gasteiger partial charge in [-0.2, -0.15) is 0 Å². The number of aliphatic hydroxyl groups is 1. The number of carboxylic acid groups (broad SMARTS) is 1. The van der Waals surface area contributed by atoms with Gasteiger partial charge in [-0.1, -0.05) is 24.3 Å². The molecule has 3 amide bonds. The van der Waals surface area contributed by atoms with Crippen LogP contribution in [-0.2, 0) is 19.2 Å². The van der Waals surface area contributed by atoms with E-state index in [1.807, 2.05) is 0 Å².